The third-order valence-electron chi connectivity index (χ3n) is 6.31. The van der Waals surface area contributed by atoms with Crippen molar-refractivity contribution in [2.45, 2.75) is 17.9 Å². The summed E-state index contributed by atoms with van der Waals surface area (Å²) >= 11 is 1.63. The van der Waals surface area contributed by atoms with Crippen LogP contribution in [0.3, 0.4) is 0 Å². The normalized spacial score (nSPS) is 13.2. The van der Waals surface area contributed by atoms with Crippen LogP contribution in [0.4, 0.5) is 16.2 Å². The number of benzene rings is 4. The average molecular weight is 551 g/mol. The number of hydrazone groups is 1. The summed E-state index contributed by atoms with van der Waals surface area (Å²) in [5, 5.41) is 16.0. The van der Waals surface area contributed by atoms with E-state index in [-0.39, 0.29) is 17.2 Å². The fraction of sp³-hybridized carbons (Fsp3) is 0.0968. The van der Waals surface area contributed by atoms with Crippen LogP contribution in [-0.2, 0) is 17.8 Å². The Hall–Kier alpha value is -4.89. The Bertz CT molecular complexity index is 1560. The smallest absolute Gasteiger partial charge is 0.339 e. The van der Waals surface area contributed by atoms with Crippen LogP contribution in [0.2, 0.25) is 0 Å². The molecular weight excluding hydrogens is 524 g/mol. The van der Waals surface area contributed by atoms with E-state index >= 15 is 0 Å². The van der Waals surface area contributed by atoms with E-state index in [0.717, 1.165) is 33.9 Å². The van der Waals surface area contributed by atoms with Gasteiger partial charge >= 0.3 is 12.0 Å². The van der Waals surface area contributed by atoms with Crippen molar-refractivity contribution in [1.29, 1.82) is 0 Å². The van der Waals surface area contributed by atoms with Gasteiger partial charge in [-0.15, -0.1) is 11.8 Å². The molecular formula is C31H26N4O4S. The van der Waals surface area contributed by atoms with Gasteiger partial charge in [-0.2, -0.15) is 5.10 Å². The second kappa shape index (κ2) is 12.3. The van der Waals surface area contributed by atoms with E-state index in [1.165, 1.54) is 0 Å². The van der Waals surface area contributed by atoms with Gasteiger partial charge in [-0.1, -0.05) is 60.7 Å². The SMILES string of the molecule is O=C(N/N=C1\C(=O)N(Cc2ccccc2)c2ccc(SCCc3ccc(C(=O)O)cc3)cc21)Nc1ccccc1. The first-order valence-electron chi connectivity index (χ1n) is 12.6. The number of anilines is 2. The number of urea groups is 1. The van der Waals surface area contributed by atoms with Gasteiger partial charge in [0, 0.05) is 21.9 Å². The molecule has 0 saturated heterocycles. The second-order valence-electron chi connectivity index (χ2n) is 9.05. The van der Waals surface area contributed by atoms with Crippen molar-refractivity contribution in [2.75, 3.05) is 16.0 Å². The third kappa shape index (κ3) is 6.39. The van der Waals surface area contributed by atoms with E-state index in [2.05, 4.69) is 15.8 Å². The van der Waals surface area contributed by atoms with Crippen molar-refractivity contribution < 1.29 is 19.5 Å². The van der Waals surface area contributed by atoms with E-state index in [0.29, 0.717) is 17.8 Å². The maximum Gasteiger partial charge on any atom is 0.339 e. The lowest BCUT2D eigenvalue weighted by Crippen LogP contribution is -2.32. The number of hydrogen-bond donors (Lipinski definition) is 3. The van der Waals surface area contributed by atoms with Gasteiger partial charge in [0.15, 0.2) is 5.71 Å². The maximum atomic E-state index is 13.5. The Morgan fingerprint density at radius 1 is 0.850 bits per heavy atom. The molecule has 0 saturated carbocycles. The molecule has 40 heavy (non-hydrogen) atoms. The van der Waals surface area contributed by atoms with Gasteiger partial charge in [0.25, 0.3) is 5.91 Å². The summed E-state index contributed by atoms with van der Waals surface area (Å²) in [6, 6.07) is 30.8. The summed E-state index contributed by atoms with van der Waals surface area (Å²) in [5.74, 6) is -0.476. The predicted molar refractivity (Wildman–Crippen MR) is 157 cm³/mol. The summed E-state index contributed by atoms with van der Waals surface area (Å²) in [4.78, 5) is 39.7. The first-order valence-corrected chi connectivity index (χ1v) is 13.6. The number of carbonyl (C=O) groups excluding carboxylic acids is 2. The highest BCUT2D eigenvalue weighted by atomic mass is 32.2. The van der Waals surface area contributed by atoms with E-state index < -0.39 is 12.0 Å². The number of aryl methyl sites for hydroxylation is 1. The van der Waals surface area contributed by atoms with Crippen LogP contribution in [-0.4, -0.2) is 34.5 Å². The van der Waals surface area contributed by atoms with Crippen molar-refractivity contribution >= 4 is 46.8 Å². The van der Waals surface area contributed by atoms with E-state index in [9.17, 15) is 14.4 Å². The number of aromatic carboxylic acids is 1. The molecule has 1 heterocycles. The zero-order chi connectivity index (χ0) is 27.9. The molecule has 9 heteroatoms. The fourth-order valence-electron chi connectivity index (χ4n) is 4.30. The molecule has 3 amide bonds. The second-order valence-corrected chi connectivity index (χ2v) is 10.2. The molecule has 0 spiro atoms. The van der Waals surface area contributed by atoms with Crippen molar-refractivity contribution in [3.05, 3.63) is 125 Å². The lowest BCUT2D eigenvalue weighted by atomic mass is 10.1. The number of rotatable bonds is 9. The predicted octanol–water partition coefficient (Wildman–Crippen LogP) is 5.79. The zero-order valence-electron chi connectivity index (χ0n) is 21.4. The summed E-state index contributed by atoms with van der Waals surface area (Å²) < 4.78 is 0. The molecule has 5 rings (SSSR count). The van der Waals surface area contributed by atoms with Crippen LogP contribution in [0, 0.1) is 0 Å². The Morgan fingerprint density at radius 2 is 1.55 bits per heavy atom. The number of carboxylic acids is 1. The van der Waals surface area contributed by atoms with Gasteiger partial charge in [0.1, 0.15) is 0 Å². The number of carbonyl (C=O) groups is 3. The molecule has 1 aliphatic rings. The average Bonchev–Trinajstić information content (AvgIpc) is 3.22. The number of nitrogens with zero attached hydrogens (tertiary/aromatic N) is 2. The minimum Gasteiger partial charge on any atom is -0.478 e. The Kier molecular flexibility index (Phi) is 8.22. The standard InChI is InChI=1S/C31H26N4O4S/c36-29-28(33-34-31(39)32-24-9-5-2-6-10-24)26-19-25(40-18-17-21-11-13-23(14-12-21)30(37)38)15-16-27(26)35(29)20-22-7-3-1-4-8-22/h1-16,19H,17-18,20H2,(H,37,38)(H2,32,34,39)/b33-28-. The largest absolute Gasteiger partial charge is 0.478 e. The Balaban J connectivity index is 1.33. The first-order chi connectivity index (χ1) is 19.5. The van der Waals surface area contributed by atoms with Crippen LogP contribution in [0.1, 0.15) is 27.0 Å². The molecule has 1 aliphatic heterocycles. The maximum absolute atomic E-state index is 13.5. The highest BCUT2D eigenvalue weighted by Crippen LogP contribution is 2.34. The van der Waals surface area contributed by atoms with E-state index in [4.69, 9.17) is 5.11 Å². The number of amides is 3. The van der Waals surface area contributed by atoms with Crippen molar-refractivity contribution in [3.63, 3.8) is 0 Å². The van der Waals surface area contributed by atoms with Crippen LogP contribution in [0.15, 0.2) is 113 Å². The first kappa shape index (κ1) is 26.7. The molecule has 0 radical (unpaired) electrons. The van der Waals surface area contributed by atoms with Gasteiger partial charge in [-0.3, -0.25) is 4.79 Å². The minimum absolute atomic E-state index is 0.167. The molecule has 4 aromatic carbocycles. The van der Waals surface area contributed by atoms with Crippen molar-refractivity contribution in [3.8, 4) is 0 Å². The van der Waals surface area contributed by atoms with E-state index in [1.54, 1.807) is 40.9 Å². The third-order valence-corrected chi connectivity index (χ3v) is 7.30. The van der Waals surface area contributed by atoms with Gasteiger partial charge in [-0.25, -0.2) is 15.0 Å². The molecule has 0 atom stereocenters. The minimum atomic E-state index is -0.945. The van der Waals surface area contributed by atoms with Gasteiger partial charge in [0.05, 0.1) is 17.8 Å². The number of carboxylic acid groups (broad SMARTS) is 1. The molecule has 4 aromatic rings. The highest BCUT2D eigenvalue weighted by molar-refractivity contribution is 7.99. The Labute approximate surface area is 235 Å². The number of nitrogens with one attached hydrogen (secondary N) is 2. The number of fused-ring (bicyclic) bond motifs is 1. The number of hydrogen-bond acceptors (Lipinski definition) is 5. The van der Waals surface area contributed by atoms with Crippen LogP contribution in [0.25, 0.3) is 0 Å². The summed E-state index contributed by atoms with van der Waals surface area (Å²) in [7, 11) is 0. The van der Waals surface area contributed by atoms with Crippen LogP contribution >= 0.6 is 11.8 Å². The van der Waals surface area contributed by atoms with Crippen LogP contribution in [0.5, 0.6) is 0 Å². The molecule has 0 aromatic heterocycles. The molecule has 0 aliphatic carbocycles. The lowest BCUT2D eigenvalue weighted by molar-refractivity contribution is -0.112. The van der Waals surface area contributed by atoms with E-state index in [1.807, 2.05) is 78.9 Å². The van der Waals surface area contributed by atoms with Gasteiger partial charge in [-0.05, 0) is 60.0 Å². The summed E-state index contributed by atoms with van der Waals surface area (Å²) in [5.41, 5.74) is 6.90. The molecule has 3 N–H and O–H groups in total. The molecule has 0 bridgehead atoms. The zero-order valence-corrected chi connectivity index (χ0v) is 22.2. The molecule has 0 unspecified atom stereocenters. The van der Waals surface area contributed by atoms with Gasteiger partial charge in [0.2, 0.25) is 0 Å². The molecule has 8 nitrogen and oxygen atoms in total. The highest BCUT2D eigenvalue weighted by Gasteiger charge is 2.34. The van der Waals surface area contributed by atoms with Crippen molar-refractivity contribution in [1.82, 2.24) is 5.43 Å². The fourth-order valence-corrected chi connectivity index (χ4v) is 5.24. The molecule has 0 fully saturated rings. The summed E-state index contributed by atoms with van der Waals surface area (Å²) in [6.07, 6.45) is 0.753. The lowest BCUT2D eigenvalue weighted by Gasteiger charge is -2.17. The topological polar surface area (TPSA) is 111 Å². The molecule has 200 valence electrons. The number of para-hydroxylation sites is 1. The Morgan fingerprint density at radius 3 is 2.25 bits per heavy atom. The monoisotopic (exact) mass is 550 g/mol. The van der Waals surface area contributed by atoms with Crippen LogP contribution < -0.4 is 15.6 Å². The van der Waals surface area contributed by atoms with Crippen molar-refractivity contribution in [2.24, 2.45) is 5.10 Å². The number of thioether (sulfide) groups is 1. The quantitative estimate of drug-likeness (QED) is 0.180. The summed E-state index contributed by atoms with van der Waals surface area (Å²) in [6.45, 7) is 0.376. The van der Waals surface area contributed by atoms with Gasteiger partial charge < -0.3 is 15.3 Å².